The topological polar surface area (TPSA) is 107 Å². The van der Waals surface area contributed by atoms with Crippen LogP contribution in [0.25, 0.3) is 11.3 Å². The van der Waals surface area contributed by atoms with Gasteiger partial charge < -0.3 is 10.8 Å². The van der Waals surface area contributed by atoms with Crippen molar-refractivity contribution in [2.24, 2.45) is 5.73 Å². The maximum Gasteiger partial charge on any atom is 0.269 e. The van der Waals surface area contributed by atoms with E-state index in [2.05, 4.69) is 5.10 Å². The van der Waals surface area contributed by atoms with E-state index in [9.17, 15) is 15.2 Å². The Balaban J connectivity index is 1.98. The van der Waals surface area contributed by atoms with Gasteiger partial charge in [-0.05, 0) is 54.9 Å². The van der Waals surface area contributed by atoms with Crippen molar-refractivity contribution in [3.8, 4) is 17.1 Å². The zero-order valence-electron chi connectivity index (χ0n) is 14.0. The largest absolute Gasteiger partial charge is 0.493 e. The van der Waals surface area contributed by atoms with Crippen LogP contribution < -0.4 is 5.73 Å². The number of halogens is 1. The molecule has 0 bridgehead atoms. The molecule has 0 saturated heterocycles. The third-order valence-corrected chi connectivity index (χ3v) is 4.48. The van der Waals surface area contributed by atoms with Gasteiger partial charge in [0.1, 0.15) is 0 Å². The Kier molecular flexibility index (Phi) is 5.38. The van der Waals surface area contributed by atoms with Crippen molar-refractivity contribution in [1.29, 1.82) is 0 Å². The van der Waals surface area contributed by atoms with E-state index in [1.165, 1.54) is 12.1 Å². The number of aromatic nitrogens is 2. The summed E-state index contributed by atoms with van der Waals surface area (Å²) >= 11 is 11.0. The van der Waals surface area contributed by atoms with Crippen molar-refractivity contribution in [2.75, 3.05) is 0 Å². The van der Waals surface area contributed by atoms with Gasteiger partial charge in [0.05, 0.1) is 10.6 Å². The first-order valence-electron chi connectivity index (χ1n) is 7.96. The van der Waals surface area contributed by atoms with E-state index in [4.69, 9.17) is 29.6 Å². The third-order valence-electron chi connectivity index (χ3n) is 4.07. The summed E-state index contributed by atoms with van der Waals surface area (Å²) in [5.41, 5.74) is 8.24. The molecule has 0 atom stereocenters. The number of non-ortho nitro benzene ring substituents is 1. The summed E-state index contributed by atoms with van der Waals surface area (Å²) in [6.07, 6.45) is 1.07. The number of nitrogens with zero attached hydrogens (tertiary/aromatic N) is 3. The van der Waals surface area contributed by atoms with E-state index in [0.29, 0.717) is 34.7 Å². The Labute approximate surface area is 165 Å². The molecule has 0 unspecified atom stereocenters. The van der Waals surface area contributed by atoms with Crippen molar-refractivity contribution < 1.29 is 10.0 Å². The lowest BCUT2D eigenvalue weighted by Gasteiger charge is -2.05. The molecular weight excluding hydrogens is 388 g/mol. The molecule has 0 fully saturated rings. The molecular formula is C18H15ClN4O3S. The van der Waals surface area contributed by atoms with Crippen molar-refractivity contribution in [2.45, 2.75) is 12.8 Å². The number of hydrogen-bond donors (Lipinski definition) is 2. The highest BCUT2D eigenvalue weighted by Gasteiger charge is 2.20. The molecule has 9 heteroatoms. The lowest BCUT2D eigenvalue weighted by Crippen LogP contribution is -2.20. The van der Waals surface area contributed by atoms with Crippen LogP contribution >= 0.6 is 23.8 Å². The summed E-state index contributed by atoms with van der Waals surface area (Å²) in [5, 5.41) is 26.2. The first-order chi connectivity index (χ1) is 12.9. The third kappa shape index (κ3) is 4.07. The van der Waals surface area contributed by atoms with E-state index in [-0.39, 0.29) is 16.7 Å². The molecule has 3 N–H and O–H groups in total. The number of rotatable bonds is 5. The molecule has 0 aliphatic rings. The van der Waals surface area contributed by atoms with Crippen LogP contribution in [0.5, 0.6) is 5.88 Å². The number of benzene rings is 2. The van der Waals surface area contributed by atoms with Gasteiger partial charge in [0, 0.05) is 28.3 Å². The fraction of sp³-hybridized carbons (Fsp3) is 0.111. The molecule has 7 nitrogen and oxygen atoms in total. The van der Waals surface area contributed by atoms with Gasteiger partial charge in [-0.25, -0.2) is 0 Å². The van der Waals surface area contributed by atoms with Crippen molar-refractivity contribution in [3.05, 3.63) is 74.8 Å². The smallest absolute Gasteiger partial charge is 0.269 e. The van der Waals surface area contributed by atoms with Crippen LogP contribution in [0.3, 0.4) is 0 Å². The number of nitrogens with two attached hydrogens (primary N) is 1. The number of aryl methyl sites for hydroxylation is 1. The van der Waals surface area contributed by atoms with Gasteiger partial charge in [0.25, 0.3) is 5.69 Å². The van der Waals surface area contributed by atoms with Crippen molar-refractivity contribution in [1.82, 2.24) is 9.78 Å². The van der Waals surface area contributed by atoms with Crippen molar-refractivity contribution in [3.63, 3.8) is 0 Å². The van der Waals surface area contributed by atoms with Gasteiger partial charge in [0.2, 0.25) is 5.88 Å². The summed E-state index contributed by atoms with van der Waals surface area (Å²) in [7, 11) is 0. The van der Waals surface area contributed by atoms with Crippen LogP contribution in [-0.4, -0.2) is 24.9 Å². The Morgan fingerprint density at radius 1 is 1.26 bits per heavy atom. The lowest BCUT2D eigenvalue weighted by atomic mass is 10.0. The first kappa shape index (κ1) is 18.8. The second kappa shape index (κ2) is 7.73. The molecule has 0 spiro atoms. The first-order valence-corrected chi connectivity index (χ1v) is 8.75. The predicted molar refractivity (Wildman–Crippen MR) is 107 cm³/mol. The number of nitro benzene ring substituents is 1. The summed E-state index contributed by atoms with van der Waals surface area (Å²) in [4.78, 5) is 10.4. The highest BCUT2D eigenvalue weighted by molar-refractivity contribution is 7.80. The molecule has 1 aromatic heterocycles. The monoisotopic (exact) mass is 402 g/mol. The molecule has 3 aromatic rings. The molecule has 27 heavy (non-hydrogen) atoms. The number of nitro groups is 1. The summed E-state index contributed by atoms with van der Waals surface area (Å²) in [6.45, 7) is 0. The van der Waals surface area contributed by atoms with Gasteiger partial charge >= 0.3 is 0 Å². The lowest BCUT2D eigenvalue weighted by molar-refractivity contribution is -0.384. The Morgan fingerprint density at radius 2 is 1.96 bits per heavy atom. The highest BCUT2D eigenvalue weighted by Crippen LogP contribution is 2.32. The van der Waals surface area contributed by atoms with Crippen LogP contribution in [0.1, 0.15) is 11.1 Å². The summed E-state index contributed by atoms with van der Waals surface area (Å²) in [5.74, 6) is -0.141. The molecule has 0 saturated carbocycles. The van der Waals surface area contributed by atoms with Crippen LogP contribution in [-0.2, 0) is 12.8 Å². The van der Waals surface area contributed by atoms with Crippen molar-refractivity contribution >= 4 is 34.6 Å². The van der Waals surface area contributed by atoms with Crippen LogP contribution in [0.4, 0.5) is 5.69 Å². The standard InChI is InChI=1S/C18H15ClN4O3S/c19-13-3-1-2-11(10-13)4-9-15-16(21-22(17(15)24)18(20)27)12-5-7-14(8-6-12)23(25)26/h1-3,5-8,10,24H,4,9H2,(H2,20,27). The zero-order chi connectivity index (χ0) is 19.6. The molecule has 138 valence electrons. The normalized spacial score (nSPS) is 10.7. The second-order valence-electron chi connectivity index (χ2n) is 5.83. The van der Waals surface area contributed by atoms with E-state index in [0.717, 1.165) is 10.2 Å². The summed E-state index contributed by atoms with van der Waals surface area (Å²) in [6, 6.07) is 13.3. The maximum absolute atomic E-state index is 10.9. The number of hydrogen-bond acceptors (Lipinski definition) is 5. The van der Waals surface area contributed by atoms with Gasteiger partial charge in [-0.2, -0.15) is 9.78 Å². The SMILES string of the molecule is NC(=S)n1nc(-c2ccc([N+](=O)[O-])cc2)c(CCc2cccc(Cl)c2)c1O. The minimum absolute atomic E-state index is 0.0303. The molecule has 0 radical (unpaired) electrons. The summed E-state index contributed by atoms with van der Waals surface area (Å²) < 4.78 is 1.08. The van der Waals surface area contributed by atoms with Crippen LogP contribution in [0.15, 0.2) is 48.5 Å². The average molecular weight is 403 g/mol. The Hall–Kier alpha value is -2.97. The molecule has 0 aliphatic carbocycles. The van der Waals surface area contributed by atoms with Crippen LogP contribution in [0.2, 0.25) is 5.02 Å². The molecule has 0 amide bonds. The second-order valence-corrected chi connectivity index (χ2v) is 6.69. The molecule has 2 aromatic carbocycles. The minimum Gasteiger partial charge on any atom is -0.493 e. The average Bonchev–Trinajstić information content (AvgIpc) is 2.97. The maximum atomic E-state index is 10.9. The van der Waals surface area contributed by atoms with E-state index in [1.54, 1.807) is 18.2 Å². The van der Waals surface area contributed by atoms with Gasteiger partial charge in [-0.1, -0.05) is 23.7 Å². The number of thiocarbonyl (C=S) groups is 1. The van der Waals surface area contributed by atoms with E-state index in [1.807, 2.05) is 18.2 Å². The molecule has 0 aliphatic heterocycles. The zero-order valence-corrected chi connectivity index (χ0v) is 15.6. The highest BCUT2D eigenvalue weighted by atomic mass is 35.5. The fourth-order valence-electron chi connectivity index (χ4n) is 2.76. The van der Waals surface area contributed by atoms with E-state index < -0.39 is 4.92 Å². The molecule has 3 rings (SSSR count). The Bertz CT molecular complexity index is 1020. The van der Waals surface area contributed by atoms with E-state index >= 15 is 0 Å². The quantitative estimate of drug-likeness (QED) is 0.383. The number of aromatic hydroxyl groups is 1. The van der Waals surface area contributed by atoms with Gasteiger partial charge in [-0.15, -0.1) is 0 Å². The Morgan fingerprint density at radius 3 is 2.56 bits per heavy atom. The van der Waals surface area contributed by atoms with Gasteiger partial charge in [0.15, 0.2) is 5.11 Å². The minimum atomic E-state index is -0.477. The van der Waals surface area contributed by atoms with Gasteiger partial charge in [-0.3, -0.25) is 10.1 Å². The predicted octanol–water partition coefficient (Wildman–Crippen LogP) is 3.69. The molecule has 1 heterocycles. The van der Waals surface area contributed by atoms with Crippen LogP contribution in [0, 0.1) is 10.1 Å². The fourth-order valence-corrected chi connectivity index (χ4v) is 3.10.